The van der Waals surface area contributed by atoms with E-state index in [0.717, 1.165) is 24.8 Å². The van der Waals surface area contributed by atoms with Crippen molar-refractivity contribution in [1.82, 2.24) is 0 Å². The Morgan fingerprint density at radius 2 is 2.46 bits per heavy atom. The summed E-state index contributed by atoms with van der Waals surface area (Å²) in [4.78, 5) is 11.1. The lowest BCUT2D eigenvalue weighted by atomic mass is 9.76. The van der Waals surface area contributed by atoms with Gasteiger partial charge in [0.15, 0.2) is 0 Å². The summed E-state index contributed by atoms with van der Waals surface area (Å²) in [6, 6.07) is 0. The number of hydrogen-bond donors (Lipinski definition) is 1. The van der Waals surface area contributed by atoms with E-state index in [1.807, 2.05) is 6.08 Å². The van der Waals surface area contributed by atoms with Gasteiger partial charge in [-0.15, -0.1) is 11.6 Å². The Hall–Kier alpha value is -0.500. The quantitative estimate of drug-likeness (QED) is 0.644. The Morgan fingerprint density at radius 1 is 1.77 bits per heavy atom. The number of halogens is 1. The predicted octanol–water partition coefficient (Wildman–Crippen LogP) is 1.83. The lowest BCUT2D eigenvalue weighted by molar-refractivity contribution is -0.115. The van der Waals surface area contributed by atoms with Crippen LogP contribution < -0.4 is 5.73 Å². The minimum Gasteiger partial charge on any atom is -0.366 e. The number of nitrogens with two attached hydrogens (primary N) is 1. The molecule has 2 nitrogen and oxygen atoms in total. The summed E-state index contributed by atoms with van der Waals surface area (Å²) in [5.41, 5.74) is 6.08. The van der Waals surface area contributed by atoms with Crippen molar-refractivity contribution >= 4 is 17.5 Å². The zero-order valence-electron chi connectivity index (χ0n) is 7.72. The number of carbonyl (C=O) groups excluding carboxylic acids is 1. The summed E-state index contributed by atoms with van der Waals surface area (Å²) in [7, 11) is 0. The average Bonchev–Trinajstić information content (AvgIpc) is 2.25. The Kier molecular flexibility index (Phi) is 1.91. The molecule has 13 heavy (non-hydrogen) atoms. The summed E-state index contributed by atoms with van der Waals surface area (Å²) in [6.07, 6.45) is 5.25. The first-order valence-corrected chi connectivity index (χ1v) is 5.15. The first-order chi connectivity index (χ1) is 6.04. The number of fused-ring (bicyclic) bond motifs is 2. The topological polar surface area (TPSA) is 43.1 Å². The zero-order valence-corrected chi connectivity index (χ0v) is 8.47. The molecule has 0 radical (unpaired) electrons. The molecule has 2 aliphatic rings. The van der Waals surface area contributed by atoms with Crippen LogP contribution in [0.4, 0.5) is 0 Å². The lowest BCUT2D eigenvalue weighted by Gasteiger charge is -2.34. The van der Waals surface area contributed by atoms with E-state index in [2.05, 4.69) is 6.92 Å². The van der Waals surface area contributed by atoms with Crippen LogP contribution in [0.15, 0.2) is 11.6 Å². The molecule has 0 aromatic carbocycles. The van der Waals surface area contributed by atoms with Crippen LogP contribution in [-0.2, 0) is 4.79 Å². The van der Waals surface area contributed by atoms with Gasteiger partial charge in [-0.3, -0.25) is 4.79 Å². The molecule has 2 bridgehead atoms. The van der Waals surface area contributed by atoms with Gasteiger partial charge in [-0.1, -0.05) is 19.4 Å². The van der Waals surface area contributed by atoms with Gasteiger partial charge in [-0.2, -0.15) is 0 Å². The minimum atomic E-state index is -0.290. The van der Waals surface area contributed by atoms with Crippen molar-refractivity contribution in [2.75, 3.05) is 0 Å². The van der Waals surface area contributed by atoms with Gasteiger partial charge in [0.05, 0.1) is 0 Å². The molecule has 1 saturated carbocycles. The second kappa shape index (κ2) is 2.74. The maximum atomic E-state index is 11.1. The van der Waals surface area contributed by atoms with Crippen LogP contribution in [0, 0.1) is 11.3 Å². The highest BCUT2D eigenvalue weighted by Gasteiger charge is 2.47. The molecule has 0 saturated heterocycles. The molecule has 0 heterocycles. The SMILES string of the molecule is CC12C=C(C(N)=O)C(CCC1)C2Cl. The van der Waals surface area contributed by atoms with Gasteiger partial charge < -0.3 is 5.73 Å². The van der Waals surface area contributed by atoms with Gasteiger partial charge in [-0.25, -0.2) is 0 Å². The normalized spacial score (nSPS) is 43.1. The predicted molar refractivity (Wildman–Crippen MR) is 52.4 cm³/mol. The van der Waals surface area contributed by atoms with Crippen molar-refractivity contribution in [3.05, 3.63) is 11.6 Å². The highest BCUT2D eigenvalue weighted by molar-refractivity contribution is 6.22. The first kappa shape index (κ1) is 9.07. The highest BCUT2D eigenvalue weighted by Crippen LogP contribution is 2.52. The monoisotopic (exact) mass is 199 g/mol. The third-order valence-corrected chi connectivity index (χ3v) is 4.19. The molecular formula is C10H14ClNO. The van der Waals surface area contributed by atoms with E-state index in [9.17, 15) is 4.79 Å². The number of primary amides is 1. The number of carbonyl (C=O) groups is 1. The molecule has 3 heteroatoms. The minimum absolute atomic E-state index is 0.00877. The molecule has 0 aromatic rings. The summed E-state index contributed by atoms with van der Waals surface area (Å²) in [6.45, 7) is 2.12. The smallest absolute Gasteiger partial charge is 0.244 e. The molecule has 2 N–H and O–H groups in total. The molecule has 1 amide bonds. The van der Waals surface area contributed by atoms with Crippen LogP contribution >= 0.6 is 11.6 Å². The fourth-order valence-electron chi connectivity index (χ4n) is 2.63. The summed E-state index contributed by atoms with van der Waals surface area (Å²) in [5, 5.41) is 0.0729. The fourth-order valence-corrected chi connectivity index (χ4v) is 3.06. The van der Waals surface area contributed by atoms with Crippen LogP contribution in [0.5, 0.6) is 0 Å². The average molecular weight is 200 g/mol. The second-order valence-corrected chi connectivity index (χ2v) is 4.84. The third kappa shape index (κ3) is 1.19. The number of alkyl halides is 1. The van der Waals surface area contributed by atoms with Crippen LogP contribution in [0.1, 0.15) is 26.2 Å². The van der Waals surface area contributed by atoms with Gasteiger partial charge in [0.2, 0.25) is 5.91 Å². The maximum Gasteiger partial charge on any atom is 0.244 e. The van der Waals surface area contributed by atoms with E-state index in [4.69, 9.17) is 17.3 Å². The molecule has 2 rings (SSSR count). The third-order valence-electron chi connectivity index (χ3n) is 3.38. The molecule has 3 unspecified atom stereocenters. The fraction of sp³-hybridized carbons (Fsp3) is 0.700. The van der Waals surface area contributed by atoms with Crippen molar-refractivity contribution in [2.45, 2.75) is 31.6 Å². The van der Waals surface area contributed by atoms with Crippen LogP contribution in [-0.4, -0.2) is 11.3 Å². The second-order valence-electron chi connectivity index (χ2n) is 4.37. The van der Waals surface area contributed by atoms with Crippen LogP contribution in [0.3, 0.4) is 0 Å². The van der Waals surface area contributed by atoms with E-state index in [-0.39, 0.29) is 22.6 Å². The van der Waals surface area contributed by atoms with Gasteiger partial charge in [0, 0.05) is 22.3 Å². The first-order valence-electron chi connectivity index (χ1n) is 4.71. The number of amides is 1. The maximum absolute atomic E-state index is 11.1. The summed E-state index contributed by atoms with van der Waals surface area (Å²) in [5.74, 6) is -0.0841. The molecule has 72 valence electrons. The Balaban J connectivity index is 2.38. The van der Waals surface area contributed by atoms with Crippen molar-refractivity contribution in [2.24, 2.45) is 17.1 Å². The van der Waals surface area contributed by atoms with E-state index >= 15 is 0 Å². The van der Waals surface area contributed by atoms with Gasteiger partial charge >= 0.3 is 0 Å². The zero-order chi connectivity index (χ0) is 9.64. The van der Waals surface area contributed by atoms with Crippen molar-refractivity contribution < 1.29 is 4.79 Å². The molecule has 3 atom stereocenters. The Bertz CT molecular complexity index is 287. The van der Waals surface area contributed by atoms with E-state index < -0.39 is 0 Å². The molecule has 2 aliphatic carbocycles. The number of hydrogen-bond acceptors (Lipinski definition) is 1. The van der Waals surface area contributed by atoms with E-state index in [0.29, 0.717) is 0 Å². The van der Waals surface area contributed by atoms with Crippen molar-refractivity contribution in [3.8, 4) is 0 Å². The summed E-state index contributed by atoms with van der Waals surface area (Å²) >= 11 is 6.30. The summed E-state index contributed by atoms with van der Waals surface area (Å²) < 4.78 is 0. The van der Waals surface area contributed by atoms with Gasteiger partial charge in [0.1, 0.15) is 0 Å². The number of rotatable bonds is 1. The van der Waals surface area contributed by atoms with Gasteiger partial charge in [0.25, 0.3) is 0 Å². The molecule has 0 aliphatic heterocycles. The van der Waals surface area contributed by atoms with E-state index in [1.165, 1.54) is 0 Å². The van der Waals surface area contributed by atoms with Crippen LogP contribution in [0.25, 0.3) is 0 Å². The Morgan fingerprint density at radius 3 is 3.00 bits per heavy atom. The molecule has 0 aromatic heterocycles. The highest BCUT2D eigenvalue weighted by atomic mass is 35.5. The van der Waals surface area contributed by atoms with Gasteiger partial charge in [-0.05, 0) is 12.8 Å². The number of allylic oxidation sites excluding steroid dienone is 1. The standard InChI is InChI=1S/C10H14ClNO/c1-10-4-2-3-6(8(10)11)7(5-10)9(12)13/h5-6,8H,2-4H2,1H3,(H2,12,13). The Labute approximate surface area is 83.1 Å². The van der Waals surface area contributed by atoms with Crippen molar-refractivity contribution in [3.63, 3.8) is 0 Å². The van der Waals surface area contributed by atoms with Crippen LogP contribution in [0.2, 0.25) is 0 Å². The molecule has 1 fully saturated rings. The molecule has 0 spiro atoms. The largest absolute Gasteiger partial charge is 0.366 e. The lowest BCUT2D eigenvalue weighted by Crippen LogP contribution is -2.32. The molecular weight excluding hydrogens is 186 g/mol. The van der Waals surface area contributed by atoms with Crippen molar-refractivity contribution in [1.29, 1.82) is 0 Å². The van der Waals surface area contributed by atoms with E-state index in [1.54, 1.807) is 0 Å².